The highest BCUT2D eigenvalue weighted by Gasteiger charge is 2.34. The zero-order valence-corrected chi connectivity index (χ0v) is 13.5. The van der Waals surface area contributed by atoms with E-state index >= 15 is 0 Å². The van der Waals surface area contributed by atoms with Crippen LogP contribution < -0.4 is 0 Å². The average molecular weight is 308 g/mol. The second-order valence-corrected chi connectivity index (χ2v) is 6.20. The van der Waals surface area contributed by atoms with E-state index in [1.807, 2.05) is 11.8 Å². The fraction of sp³-hybridized carbons (Fsp3) is 0.733. The van der Waals surface area contributed by atoms with E-state index in [9.17, 15) is 4.79 Å². The van der Waals surface area contributed by atoms with Crippen molar-refractivity contribution in [2.45, 2.75) is 19.6 Å². The van der Waals surface area contributed by atoms with Crippen LogP contribution in [0.5, 0.6) is 0 Å². The van der Waals surface area contributed by atoms with Crippen LogP contribution >= 0.6 is 0 Å². The van der Waals surface area contributed by atoms with Crippen molar-refractivity contribution in [2.75, 3.05) is 53.4 Å². The number of ether oxygens (including phenoxy) is 1. The number of aryl methyl sites for hydroxylation is 1. The van der Waals surface area contributed by atoms with Gasteiger partial charge in [-0.2, -0.15) is 0 Å². The molecule has 7 nitrogen and oxygen atoms in total. The van der Waals surface area contributed by atoms with E-state index in [1.165, 1.54) is 0 Å². The number of likely N-dealkylation sites (N-methyl/N-ethyl adjacent to an activating group) is 1. The molecule has 2 aliphatic rings. The highest BCUT2D eigenvalue weighted by molar-refractivity contribution is 5.93. The summed E-state index contributed by atoms with van der Waals surface area (Å²) in [6.07, 6.45) is 0. The van der Waals surface area contributed by atoms with Gasteiger partial charge in [0, 0.05) is 52.4 Å². The van der Waals surface area contributed by atoms with Crippen LogP contribution in [0.25, 0.3) is 0 Å². The van der Waals surface area contributed by atoms with Crippen molar-refractivity contribution in [1.29, 1.82) is 0 Å². The summed E-state index contributed by atoms with van der Waals surface area (Å²) >= 11 is 0. The first kappa shape index (κ1) is 15.5. The third kappa shape index (κ3) is 2.88. The van der Waals surface area contributed by atoms with Crippen LogP contribution in [0, 0.1) is 6.92 Å². The molecule has 0 N–H and O–H groups in total. The molecule has 22 heavy (non-hydrogen) atoms. The number of methoxy groups -OCH3 is 1. The van der Waals surface area contributed by atoms with Gasteiger partial charge in [-0.1, -0.05) is 5.16 Å². The molecule has 0 unspecified atom stereocenters. The van der Waals surface area contributed by atoms with Crippen LogP contribution in [-0.2, 0) is 11.3 Å². The molecule has 3 heterocycles. The number of nitrogens with zero attached hydrogens (tertiary/aromatic N) is 4. The van der Waals surface area contributed by atoms with E-state index < -0.39 is 0 Å². The lowest BCUT2D eigenvalue weighted by molar-refractivity contribution is 0.0183. The Hall–Kier alpha value is -1.44. The van der Waals surface area contributed by atoms with Gasteiger partial charge in [0.05, 0.1) is 12.2 Å². The van der Waals surface area contributed by atoms with E-state index in [2.05, 4.69) is 22.0 Å². The zero-order valence-electron chi connectivity index (χ0n) is 13.5. The summed E-state index contributed by atoms with van der Waals surface area (Å²) in [6.45, 7) is 7.78. The van der Waals surface area contributed by atoms with Gasteiger partial charge in [0.15, 0.2) is 5.69 Å². The van der Waals surface area contributed by atoms with E-state index in [-0.39, 0.29) is 5.91 Å². The SMILES string of the molecule is COCc1c(C(=O)N2CCN3CCN(C)C[C@@H]3C2)noc1C. The fourth-order valence-corrected chi connectivity index (χ4v) is 3.32. The Morgan fingerprint density at radius 3 is 2.86 bits per heavy atom. The molecule has 2 saturated heterocycles. The highest BCUT2D eigenvalue weighted by atomic mass is 16.5. The normalized spacial score (nSPS) is 23.6. The Morgan fingerprint density at radius 2 is 2.09 bits per heavy atom. The first-order valence-electron chi connectivity index (χ1n) is 7.76. The number of rotatable bonds is 3. The second-order valence-electron chi connectivity index (χ2n) is 6.20. The minimum Gasteiger partial charge on any atom is -0.380 e. The minimum absolute atomic E-state index is 0.0447. The molecule has 1 aromatic heterocycles. The van der Waals surface area contributed by atoms with Crippen molar-refractivity contribution >= 4 is 5.91 Å². The van der Waals surface area contributed by atoms with Crippen molar-refractivity contribution in [3.63, 3.8) is 0 Å². The maximum atomic E-state index is 12.8. The molecule has 1 atom stereocenters. The van der Waals surface area contributed by atoms with Crippen LogP contribution in [0.15, 0.2) is 4.52 Å². The van der Waals surface area contributed by atoms with Crippen molar-refractivity contribution in [3.8, 4) is 0 Å². The molecule has 7 heteroatoms. The fourth-order valence-electron chi connectivity index (χ4n) is 3.32. The maximum Gasteiger partial charge on any atom is 0.276 e. The largest absolute Gasteiger partial charge is 0.380 e. The third-order valence-corrected chi connectivity index (χ3v) is 4.66. The number of carbonyl (C=O) groups excluding carboxylic acids is 1. The van der Waals surface area contributed by atoms with Gasteiger partial charge in [0.2, 0.25) is 0 Å². The van der Waals surface area contributed by atoms with Gasteiger partial charge >= 0.3 is 0 Å². The molecule has 0 spiro atoms. The summed E-state index contributed by atoms with van der Waals surface area (Å²) in [4.78, 5) is 19.5. The molecule has 1 amide bonds. The molecule has 0 radical (unpaired) electrons. The van der Waals surface area contributed by atoms with Crippen LogP contribution in [-0.4, -0.2) is 85.2 Å². The molecule has 0 saturated carbocycles. The predicted octanol–water partition coefficient (Wildman–Crippen LogP) is 0.201. The molecular formula is C15H24N4O3. The van der Waals surface area contributed by atoms with Gasteiger partial charge in [-0.3, -0.25) is 9.69 Å². The van der Waals surface area contributed by atoms with E-state index in [4.69, 9.17) is 9.26 Å². The van der Waals surface area contributed by atoms with E-state index in [0.717, 1.165) is 44.8 Å². The Balaban J connectivity index is 1.73. The molecule has 122 valence electrons. The summed E-state index contributed by atoms with van der Waals surface area (Å²) in [5.74, 6) is 0.609. The Labute approximate surface area is 130 Å². The highest BCUT2D eigenvalue weighted by Crippen LogP contribution is 2.20. The van der Waals surface area contributed by atoms with E-state index in [0.29, 0.717) is 24.1 Å². The maximum absolute atomic E-state index is 12.8. The Bertz CT molecular complexity index is 545. The second kappa shape index (κ2) is 6.36. The van der Waals surface area contributed by atoms with E-state index in [1.54, 1.807) is 7.11 Å². The standard InChI is InChI=1S/C15H24N4O3/c1-11-13(10-21-3)14(16-22-11)15(20)19-7-6-18-5-4-17(2)8-12(18)9-19/h12H,4-10H2,1-3H3/t12-/m1/s1. The van der Waals surface area contributed by atoms with Gasteiger partial charge in [-0.05, 0) is 14.0 Å². The van der Waals surface area contributed by atoms with Crippen LogP contribution in [0.4, 0.5) is 0 Å². The number of hydrogen-bond donors (Lipinski definition) is 0. The number of carbonyl (C=O) groups is 1. The molecule has 1 aromatic rings. The lowest BCUT2D eigenvalue weighted by atomic mass is 10.1. The Morgan fingerprint density at radius 1 is 1.32 bits per heavy atom. The van der Waals surface area contributed by atoms with Crippen LogP contribution in [0.2, 0.25) is 0 Å². The summed E-state index contributed by atoms with van der Waals surface area (Å²) in [6, 6.07) is 0.412. The summed E-state index contributed by atoms with van der Waals surface area (Å²) in [5.41, 5.74) is 1.16. The summed E-state index contributed by atoms with van der Waals surface area (Å²) < 4.78 is 10.3. The first-order chi connectivity index (χ1) is 10.6. The summed E-state index contributed by atoms with van der Waals surface area (Å²) in [5, 5.41) is 3.96. The molecular weight excluding hydrogens is 284 g/mol. The number of amides is 1. The first-order valence-corrected chi connectivity index (χ1v) is 7.76. The van der Waals surface area contributed by atoms with Crippen LogP contribution in [0.3, 0.4) is 0 Å². The average Bonchev–Trinajstić information content (AvgIpc) is 2.87. The van der Waals surface area contributed by atoms with Crippen molar-refractivity contribution in [2.24, 2.45) is 0 Å². The zero-order chi connectivity index (χ0) is 15.7. The quantitative estimate of drug-likeness (QED) is 0.795. The number of aromatic nitrogens is 1. The topological polar surface area (TPSA) is 62.1 Å². The Kier molecular flexibility index (Phi) is 4.46. The molecule has 2 aliphatic heterocycles. The molecule has 3 rings (SSSR count). The molecule has 0 aliphatic carbocycles. The van der Waals surface area contributed by atoms with Crippen molar-refractivity contribution < 1.29 is 14.1 Å². The van der Waals surface area contributed by atoms with Gasteiger partial charge < -0.3 is 19.1 Å². The lowest BCUT2D eigenvalue weighted by Gasteiger charge is -2.46. The summed E-state index contributed by atoms with van der Waals surface area (Å²) in [7, 11) is 3.74. The van der Waals surface area contributed by atoms with Gasteiger partial charge in [0.25, 0.3) is 5.91 Å². The molecule has 2 fully saturated rings. The van der Waals surface area contributed by atoms with Crippen molar-refractivity contribution in [1.82, 2.24) is 19.9 Å². The van der Waals surface area contributed by atoms with Crippen molar-refractivity contribution in [3.05, 3.63) is 17.0 Å². The monoisotopic (exact) mass is 308 g/mol. The number of hydrogen-bond acceptors (Lipinski definition) is 6. The minimum atomic E-state index is -0.0447. The molecule has 0 bridgehead atoms. The lowest BCUT2D eigenvalue weighted by Crippen LogP contribution is -2.62. The number of piperazine rings is 2. The predicted molar refractivity (Wildman–Crippen MR) is 80.7 cm³/mol. The van der Waals surface area contributed by atoms with Gasteiger partial charge in [0.1, 0.15) is 5.76 Å². The van der Waals surface area contributed by atoms with Crippen LogP contribution in [0.1, 0.15) is 21.8 Å². The van der Waals surface area contributed by atoms with Gasteiger partial charge in [-0.25, -0.2) is 0 Å². The molecule has 0 aromatic carbocycles. The third-order valence-electron chi connectivity index (χ3n) is 4.66. The smallest absolute Gasteiger partial charge is 0.276 e. The number of fused-ring (bicyclic) bond motifs is 1. The van der Waals surface area contributed by atoms with Gasteiger partial charge in [-0.15, -0.1) is 0 Å².